The fraction of sp³-hybridized carbons (Fsp3) is 0.333. The second kappa shape index (κ2) is 13.4. The Kier molecular flexibility index (Phi) is 10.2. The van der Waals surface area contributed by atoms with Crippen molar-refractivity contribution in [1.29, 1.82) is 0 Å². The Morgan fingerprint density at radius 2 is 1.51 bits per heavy atom. The highest BCUT2D eigenvalue weighted by Crippen LogP contribution is 2.26. The molecular weight excluding hydrogens is 517 g/mol. The van der Waals surface area contributed by atoms with Crippen LogP contribution >= 0.6 is 0 Å². The average molecular weight is 554 g/mol. The molecule has 3 aromatic rings. The number of benzene rings is 3. The molecule has 39 heavy (non-hydrogen) atoms. The van der Waals surface area contributed by atoms with Gasteiger partial charge < -0.3 is 10.2 Å². The van der Waals surface area contributed by atoms with E-state index >= 15 is 0 Å². The van der Waals surface area contributed by atoms with Gasteiger partial charge in [0.05, 0.1) is 10.6 Å². The lowest BCUT2D eigenvalue weighted by Gasteiger charge is -2.32. The van der Waals surface area contributed by atoms with Crippen LogP contribution in [0.5, 0.6) is 0 Å². The Morgan fingerprint density at radius 3 is 2.10 bits per heavy atom. The van der Waals surface area contributed by atoms with Crippen LogP contribution in [0.3, 0.4) is 0 Å². The van der Waals surface area contributed by atoms with Gasteiger partial charge in [-0.05, 0) is 55.2 Å². The second-order valence-corrected chi connectivity index (χ2v) is 11.5. The first-order chi connectivity index (χ1) is 18.6. The summed E-state index contributed by atoms with van der Waals surface area (Å²) < 4.78 is 43.2. The molecule has 9 heteroatoms. The fourth-order valence-corrected chi connectivity index (χ4v) is 5.50. The number of hydrogen-bond acceptors (Lipinski definition) is 4. The number of rotatable bonds is 12. The number of sulfonamides is 1. The molecule has 3 rings (SSSR count). The van der Waals surface area contributed by atoms with Crippen LogP contribution in [0, 0.1) is 5.82 Å². The predicted octanol–water partition coefficient (Wildman–Crippen LogP) is 5.09. The molecule has 1 N–H and O–H groups in total. The molecule has 208 valence electrons. The molecule has 0 spiro atoms. The number of amides is 2. The Labute approximate surface area is 230 Å². The molecule has 2 amide bonds. The maximum atomic E-state index is 14.6. The lowest BCUT2D eigenvalue weighted by atomic mass is 10.0. The molecule has 0 heterocycles. The van der Waals surface area contributed by atoms with Crippen LogP contribution in [-0.4, -0.2) is 44.3 Å². The third-order valence-corrected chi connectivity index (χ3v) is 8.26. The van der Waals surface area contributed by atoms with E-state index in [9.17, 15) is 22.4 Å². The van der Waals surface area contributed by atoms with Gasteiger partial charge in [-0.15, -0.1) is 0 Å². The van der Waals surface area contributed by atoms with Gasteiger partial charge in [0.2, 0.25) is 11.8 Å². The summed E-state index contributed by atoms with van der Waals surface area (Å²) in [5.41, 5.74) is 1.55. The minimum Gasteiger partial charge on any atom is -0.354 e. The molecule has 7 nitrogen and oxygen atoms in total. The maximum Gasteiger partial charge on any atom is 0.264 e. The van der Waals surface area contributed by atoms with Crippen LogP contribution in [0.4, 0.5) is 10.1 Å². The molecule has 0 aliphatic heterocycles. The number of hydrogen-bond donors (Lipinski definition) is 1. The number of anilines is 1. The number of halogens is 1. The second-order valence-electron chi connectivity index (χ2n) is 9.65. The zero-order valence-electron chi connectivity index (χ0n) is 22.8. The van der Waals surface area contributed by atoms with E-state index in [2.05, 4.69) is 5.32 Å². The van der Waals surface area contributed by atoms with Gasteiger partial charge in [0.25, 0.3) is 10.0 Å². The van der Waals surface area contributed by atoms with Crippen molar-refractivity contribution in [1.82, 2.24) is 10.2 Å². The summed E-state index contributed by atoms with van der Waals surface area (Å²) in [5, 5.41) is 2.77. The van der Waals surface area contributed by atoms with E-state index in [1.165, 1.54) is 35.2 Å². The molecule has 0 bridgehead atoms. The van der Waals surface area contributed by atoms with Gasteiger partial charge in [0, 0.05) is 18.7 Å². The molecule has 0 saturated carbocycles. The predicted molar refractivity (Wildman–Crippen MR) is 151 cm³/mol. The van der Waals surface area contributed by atoms with E-state index in [4.69, 9.17) is 0 Å². The van der Waals surface area contributed by atoms with Crippen molar-refractivity contribution >= 4 is 27.5 Å². The molecular formula is C30H36FN3O4S. The van der Waals surface area contributed by atoms with Crippen LogP contribution in [-0.2, 0) is 26.2 Å². The lowest BCUT2D eigenvalue weighted by molar-refractivity contribution is -0.139. The monoisotopic (exact) mass is 553 g/mol. The highest BCUT2D eigenvalue weighted by molar-refractivity contribution is 7.92. The molecule has 0 aliphatic carbocycles. The Bertz CT molecular complexity index is 1360. The van der Waals surface area contributed by atoms with Crippen LogP contribution in [0.1, 0.15) is 51.2 Å². The van der Waals surface area contributed by atoms with Crippen molar-refractivity contribution in [2.75, 3.05) is 17.4 Å². The summed E-state index contributed by atoms with van der Waals surface area (Å²) in [6, 6.07) is 19.9. The minimum atomic E-state index is -4.15. The largest absolute Gasteiger partial charge is 0.354 e. The Balaban J connectivity index is 2.03. The van der Waals surface area contributed by atoms with Gasteiger partial charge in [-0.1, -0.05) is 69.3 Å². The van der Waals surface area contributed by atoms with Gasteiger partial charge in [-0.2, -0.15) is 0 Å². The van der Waals surface area contributed by atoms with Crippen LogP contribution in [0.2, 0.25) is 0 Å². The van der Waals surface area contributed by atoms with E-state index in [0.29, 0.717) is 18.7 Å². The molecule has 0 aliphatic rings. The quantitative estimate of drug-likeness (QED) is 0.339. The lowest BCUT2D eigenvalue weighted by Crippen LogP contribution is -2.51. The summed E-state index contributed by atoms with van der Waals surface area (Å²) in [4.78, 5) is 28.0. The Hall–Kier alpha value is -3.72. The van der Waals surface area contributed by atoms with Gasteiger partial charge in [-0.3, -0.25) is 13.9 Å². The van der Waals surface area contributed by atoms with Crippen LogP contribution < -0.4 is 9.62 Å². The van der Waals surface area contributed by atoms with E-state index in [0.717, 1.165) is 9.87 Å². The van der Waals surface area contributed by atoms with E-state index in [1.807, 2.05) is 32.9 Å². The SMILES string of the molecule is CCCNC(=O)[C@@H](C)N(Cc1ccccc1F)C(=O)CN(c1ccc(C(C)C)cc1)S(=O)(=O)c1ccccc1. The van der Waals surface area contributed by atoms with Gasteiger partial charge in [0.15, 0.2) is 0 Å². The first kappa shape index (κ1) is 29.8. The zero-order chi connectivity index (χ0) is 28.6. The van der Waals surface area contributed by atoms with Gasteiger partial charge in [0.1, 0.15) is 18.4 Å². The number of carbonyl (C=O) groups is 2. The van der Waals surface area contributed by atoms with Crippen molar-refractivity contribution in [2.45, 2.75) is 57.5 Å². The topological polar surface area (TPSA) is 86.8 Å². The summed E-state index contributed by atoms with van der Waals surface area (Å²) >= 11 is 0. The zero-order valence-corrected chi connectivity index (χ0v) is 23.6. The fourth-order valence-electron chi connectivity index (χ4n) is 4.06. The van der Waals surface area contributed by atoms with Gasteiger partial charge >= 0.3 is 0 Å². The third kappa shape index (κ3) is 7.44. The maximum absolute atomic E-state index is 14.6. The van der Waals surface area contributed by atoms with Gasteiger partial charge in [-0.25, -0.2) is 12.8 Å². The standard InChI is InChI=1S/C30H36FN3O4S/c1-5-19-32-30(36)23(4)33(20-25-11-9-10-14-28(25)31)29(35)21-34(26-17-15-24(16-18-26)22(2)3)39(37,38)27-12-7-6-8-13-27/h6-18,22-23H,5,19-21H2,1-4H3,(H,32,36)/t23-/m1/s1. The molecule has 1 atom stereocenters. The summed E-state index contributed by atoms with van der Waals surface area (Å²) in [6.45, 7) is 7.17. The summed E-state index contributed by atoms with van der Waals surface area (Å²) in [7, 11) is -4.15. The van der Waals surface area contributed by atoms with Crippen molar-refractivity contribution in [3.8, 4) is 0 Å². The Morgan fingerprint density at radius 1 is 0.897 bits per heavy atom. The molecule has 0 unspecified atom stereocenters. The highest BCUT2D eigenvalue weighted by atomic mass is 32.2. The minimum absolute atomic E-state index is 0.0279. The number of nitrogens with one attached hydrogen (secondary N) is 1. The highest BCUT2D eigenvalue weighted by Gasteiger charge is 2.32. The van der Waals surface area contributed by atoms with E-state index in [1.54, 1.807) is 43.3 Å². The summed E-state index contributed by atoms with van der Waals surface area (Å²) in [5.74, 6) is -1.32. The molecule has 0 radical (unpaired) electrons. The number of nitrogens with zero attached hydrogens (tertiary/aromatic N) is 2. The first-order valence-electron chi connectivity index (χ1n) is 13.0. The van der Waals surface area contributed by atoms with Crippen LogP contribution in [0.25, 0.3) is 0 Å². The first-order valence-corrected chi connectivity index (χ1v) is 14.5. The van der Waals surface area contributed by atoms with E-state index < -0.39 is 40.2 Å². The van der Waals surface area contributed by atoms with Crippen molar-refractivity contribution in [3.05, 3.63) is 95.8 Å². The molecule has 0 saturated heterocycles. The number of carbonyl (C=O) groups excluding carboxylic acids is 2. The van der Waals surface area contributed by atoms with Crippen molar-refractivity contribution in [2.24, 2.45) is 0 Å². The summed E-state index contributed by atoms with van der Waals surface area (Å²) in [6.07, 6.45) is 0.704. The molecule has 0 aromatic heterocycles. The molecule has 0 fully saturated rings. The smallest absolute Gasteiger partial charge is 0.264 e. The van der Waals surface area contributed by atoms with Crippen molar-refractivity contribution < 1.29 is 22.4 Å². The average Bonchev–Trinajstić information content (AvgIpc) is 2.94. The van der Waals surface area contributed by atoms with Crippen molar-refractivity contribution in [3.63, 3.8) is 0 Å². The van der Waals surface area contributed by atoms with Crippen LogP contribution in [0.15, 0.2) is 83.8 Å². The van der Waals surface area contributed by atoms with E-state index in [-0.39, 0.29) is 22.9 Å². The normalized spacial score (nSPS) is 12.2. The third-order valence-electron chi connectivity index (χ3n) is 6.47. The molecule has 3 aromatic carbocycles.